The first-order chi connectivity index (χ1) is 11.6. The summed E-state index contributed by atoms with van der Waals surface area (Å²) in [4.78, 5) is 32.9. The van der Waals surface area contributed by atoms with E-state index in [9.17, 15) is 9.59 Å². The van der Waals surface area contributed by atoms with Crippen molar-refractivity contribution in [3.05, 3.63) is 46.8 Å². The minimum Gasteiger partial charge on any atom is -0.367 e. The van der Waals surface area contributed by atoms with Crippen molar-refractivity contribution < 1.29 is 4.79 Å². The number of nitrogens with zero attached hydrogens (tertiary/aromatic N) is 4. The zero-order valence-electron chi connectivity index (χ0n) is 13.1. The smallest absolute Gasteiger partial charge is 0.261 e. The standard InChI is InChI=1S/C15H17N7O2/c1-9(13(23)17-7-6-12-19-15(16)21-20-12)22-8-18-11-5-3-2-4-10(11)14(22)24/h2-5,8-9H,6-7H2,1H3,(H,17,23)(H3,16,19,20,21). The predicted octanol–water partition coefficient (Wildman–Crippen LogP) is 0.0167. The fourth-order valence-electron chi connectivity index (χ4n) is 2.36. The van der Waals surface area contributed by atoms with E-state index in [1.165, 1.54) is 10.9 Å². The van der Waals surface area contributed by atoms with E-state index in [-0.39, 0.29) is 17.4 Å². The van der Waals surface area contributed by atoms with Gasteiger partial charge in [-0.25, -0.2) is 4.98 Å². The Kier molecular flexibility index (Phi) is 4.23. The van der Waals surface area contributed by atoms with Crippen molar-refractivity contribution in [1.82, 2.24) is 30.0 Å². The van der Waals surface area contributed by atoms with Gasteiger partial charge in [0, 0.05) is 13.0 Å². The van der Waals surface area contributed by atoms with Gasteiger partial charge in [0.25, 0.3) is 5.56 Å². The van der Waals surface area contributed by atoms with Gasteiger partial charge in [-0.15, -0.1) is 5.10 Å². The molecular weight excluding hydrogens is 310 g/mol. The Morgan fingerprint density at radius 1 is 1.42 bits per heavy atom. The van der Waals surface area contributed by atoms with E-state index < -0.39 is 6.04 Å². The minimum atomic E-state index is -0.672. The molecule has 3 aromatic rings. The summed E-state index contributed by atoms with van der Waals surface area (Å²) in [5.41, 5.74) is 5.77. The molecule has 3 rings (SSSR count). The number of carbonyl (C=O) groups excluding carboxylic acids is 1. The van der Waals surface area contributed by atoms with Crippen LogP contribution >= 0.6 is 0 Å². The lowest BCUT2D eigenvalue weighted by molar-refractivity contribution is -0.123. The minimum absolute atomic E-state index is 0.165. The van der Waals surface area contributed by atoms with E-state index >= 15 is 0 Å². The SMILES string of the molecule is CC(C(=O)NCCc1nc(N)n[nH]1)n1cnc2ccccc2c1=O. The number of amides is 1. The Morgan fingerprint density at radius 3 is 2.96 bits per heavy atom. The molecule has 0 fully saturated rings. The maximum Gasteiger partial charge on any atom is 0.261 e. The zero-order valence-corrected chi connectivity index (χ0v) is 13.1. The summed E-state index contributed by atoms with van der Waals surface area (Å²) in [6.07, 6.45) is 1.86. The Labute approximate surface area is 136 Å². The summed E-state index contributed by atoms with van der Waals surface area (Å²) in [5.74, 6) is 0.477. The van der Waals surface area contributed by atoms with Crippen molar-refractivity contribution in [2.24, 2.45) is 0 Å². The molecule has 0 aliphatic rings. The Balaban J connectivity index is 1.69. The van der Waals surface area contributed by atoms with Crippen LogP contribution in [0.2, 0.25) is 0 Å². The van der Waals surface area contributed by atoms with Gasteiger partial charge in [0.2, 0.25) is 11.9 Å². The number of benzene rings is 1. The molecule has 1 atom stereocenters. The summed E-state index contributed by atoms with van der Waals surface area (Å²) in [5, 5.41) is 9.62. The molecule has 4 N–H and O–H groups in total. The molecule has 0 aliphatic heterocycles. The van der Waals surface area contributed by atoms with Crippen LogP contribution in [0.1, 0.15) is 18.8 Å². The lowest BCUT2D eigenvalue weighted by atomic mass is 10.2. The molecule has 2 aromatic heterocycles. The van der Waals surface area contributed by atoms with Gasteiger partial charge in [0.15, 0.2) is 0 Å². The van der Waals surface area contributed by atoms with Crippen molar-refractivity contribution in [1.29, 1.82) is 0 Å². The molecule has 124 valence electrons. The van der Waals surface area contributed by atoms with Gasteiger partial charge in [0.05, 0.1) is 17.2 Å². The van der Waals surface area contributed by atoms with E-state index in [1.54, 1.807) is 25.1 Å². The second-order valence-corrected chi connectivity index (χ2v) is 5.33. The van der Waals surface area contributed by atoms with Crippen LogP contribution in [-0.2, 0) is 11.2 Å². The third-order valence-corrected chi connectivity index (χ3v) is 3.70. The molecule has 9 heteroatoms. The number of carbonyl (C=O) groups is 1. The van der Waals surface area contributed by atoms with Crippen LogP contribution in [0.3, 0.4) is 0 Å². The number of aromatic amines is 1. The molecule has 0 saturated heterocycles. The first-order valence-electron chi connectivity index (χ1n) is 7.46. The average Bonchev–Trinajstić information content (AvgIpc) is 3.00. The number of anilines is 1. The highest BCUT2D eigenvalue weighted by molar-refractivity contribution is 5.81. The number of para-hydroxylation sites is 1. The molecule has 1 unspecified atom stereocenters. The van der Waals surface area contributed by atoms with Crippen molar-refractivity contribution >= 4 is 22.8 Å². The number of H-pyrrole nitrogens is 1. The van der Waals surface area contributed by atoms with Crippen molar-refractivity contribution in [3.8, 4) is 0 Å². The van der Waals surface area contributed by atoms with E-state index in [0.29, 0.717) is 29.7 Å². The van der Waals surface area contributed by atoms with Gasteiger partial charge in [0.1, 0.15) is 11.9 Å². The molecule has 0 spiro atoms. The first-order valence-corrected chi connectivity index (χ1v) is 7.46. The maximum atomic E-state index is 12.5. The second-order valence-electron chi connectivity index (χ2n) is 5.33. The van der Waals surface area contributed by atoms with Gasteiger partial charge in [-0.05, 0) is 19.1 Å². The third kappa shape index (κ3) is 3.09. The number of nitrogen functional groups attached to an aromatic ring is 1. The summed E-state index contributed by atoms with van der Waals surface area (Å²) < 4.78 is 1.32. The molecular formula is C15H17N7O2. The van der Waals surface area contributed by atoms with E-state index in [1.807, 2.05) is 6.07 Å². The van der Waals surface area contributed by atoms with Crippen LogP contribution in [0.4, 0.5) is 5.95 Å². The molecule has 0 bridgehead atoms. The fourth-order valence-corrected chi connectivity index (χ4v) is 2.36. The Bertz CT molecular complexity index is 931. The molecule has 9 nitrogen and oxygen atoms in total. The number of nitrogens with one attached hydrogen (secondary N) is 2. The predicted molar refractivity (Wildman–Crippen MR) is 88.2 cm³/mol. The summed E-state index contributed by atoms with van der Waals surface area (Å²) >= 11 is 0. The fraction of sp³-hybridized carbons (Fsp3) is 0.267. The first kappa shape index (κ1) is 15.7. The molecule has 1 aromatic carbocycles. The van der Waals surface area contributed by atoms with Crippen molar-refractivity contribution in [2.45, 2.75) is 19.4 Å². The van der Waals surface area contributed by atoms with Crippen LogP contribution in [-0.4, -0.2) is 37.2 Å². The highest BCUT2D eigenvalue weighted by Crippen LogP contribution is 2.08. The van der Waals surface area contributed by atoms with Crippen LogP contribution in [0.25, 0.3) is 10.9 Å². The summed E-state index contributed by atoms with van der Waals surface area (Å²) in [7, 11) is 0. The number of hydrogen-bond acceptors (Lipinski definition) is 6. The normalized spacial score (nSPS) is 12.2. The van der Waals surface area contributed by atoms with Crippen LogP contribution in [0.15, 0.2) is 35.4 Å². The summed E-state index contributed by atoms with van der Waals surface area (Å²) in [6.45, 7) is 2.01. The topological polar surface area (TPSA) is 132 Å². The molecule has 2 heterocycles. The number of nitrogens with two attached hydrogens (primary N) is 1. The van der Waals surface area contributed by atoms with E-state index in [2.05, 4.69) is 25.5 Å². The summed E-state index contributed by atoms with van der Waals surface area (Å²) in [6, 6.07) is 6.36. The highest BCUT2D eigenvalue weighted by Gasteiger charge is 2.17. The Hall–Kier alpha value is -3.23. The number of fused-ring (bicyclic) bond motifs is 1. The number of hydrogen-bond donors (Lipinski definition) is 3. The van der Waals surface area contributed by atoms with Gasteiger partial charge in [-0.2, -0.15) is 4.98 Å². The lowest BCUT2D eigenvalue weighted by Crippen LogP contribution is -2.36. The number of aromatic nitrogens is 5. The maximum absolute atomic E-state index is 12.5. The molecule has 0 aliphatic carbocycles. The molecule has 0 saturated carbocycles. The van der Waals surface area contributed by atoms with Gasteiger partial charge in [-0.3, -0.25) is 19.3 Å². The van der Waals surface area contributed by atoms with E-state index in [4.69, 9.17) is 5.73 Å². The van der Waals surface area contributed by atoms with Gasteiger partial charge in [-0.1, -0.05) is 12.1 Å². The van der Waals surface area contributed by atoms with Gasteiger partial charge >= 0.3 is 0 Å². The largest absolute Gasteiger partial charge is 0.367 e. The highest BCUT2D eigenvalue weighted by atomic mass is 16.2. The molecule has 24 heavy (non-hydrogen) atoms. The quantitative estimate of drug-likeness (QED) is 0.605. The van der Waals surface area contributed by atoms with Crippen molar-refractivity contribution in [2.75, 3.05) is 12.3 Å². The lowest BCUT2D eigenvalue weighted by Gasteiger charge is -2.15. The monoisotopic (exact) mass is 327 g/mol. The average molecular weight is 327 g/mol. The second kappa shape index (κ2) is 6.49. The van der Waals surface area contributed by atoms with Crippen LogP contribution in [0, 0.1) is 0 Å². The van der Waals surface area contributed by atoms with Crippen molar-refractivity contribution in [3.63, 3.8) is 0 Å². The van der Waals surface area contributed by atoms with Gasteiger partial charge < -0.3 is 11.1 Å². The molecule has 0 radical (unpaired) electrons. The van der Waals surface area contributed by atoms with Crippen LogP contribution in [0.5, 0.6) is 0 Å². The number of rotatable bonds is 5. The molecule has 1 amide bonds. The van der Waals surface area contributed by atoms with Crippen LogP contribution < -0.4 is 16.6 Å². The Morgan fingerprint density at radius 2 is 2.21 bits per heavy atom. The third-order valence-electron chi connectivity index (χ3n) is 3.70. The zero-order chi connectivity index (χ0) is 17.1. The van der Waals surface area contributed by atoms with E-state index in [0.717, 1.165) is 0 Å².